The molecule has 0 aliphatic rings. The molecule has 0 atom stereocenters. The molecule has 1 aromatic heterocycles. The fraction of sp³-hybridized carbons (Fsp3) is 0.375. The summed E-state index contributed by atoms with van der Waals surface area (Å²) in [4.78, 5) is 24.6. The molecule has 5 nitrogen and oxygen atoms in total. The maximum atomic E-state index is 12.6. The van der Waals surface area contributed by atoms with Crippen molar-refractivity contribution in [1.82, 2.24) is 4.57 Å². The van der Waals surface area contributed by atoms with Crippen LogP contribution >= 0.6 is 11.6 Å². The average molecular weight is 324 g/mol. The Morgan fingerprint density at radius 2 is 2.09 bits per heavy atom. The monoisotopic (exact) mass is 323 g/mol. The fourth-order valence-electron chi connectivity index (χ4n) is 2.33. The molecule has 1 aromatic carbocycles. The third-order valence-corrected chi connectivity index (χ3v) is 3.65. The molecule has 2 aromatic rings. The minimum Gasteiger partial charge on any atom is -0.506 e. The van der Waals surface area contributed by atoms with Crippen molar-refractivity contribution >= 4 is 28.5 Å². The average Bonchev–Trinajstić information content (AvgIpc) is 2.47. The Balaban J connectivity index is 2.79. The van der Waals surface area contributed by atoms with E-state index in [1.807, 2.05) is 6.92 Å². The predicted molar refractivity (Wildman–Crippen MR) is 85.7 cm³/mol. The quantitative estimate of drug-likeness (QED) is 0.857. The van der Waals surface area contributed by atoms with Gasteiger partial charge in [-0.1, -0.05) is 24.9 Å². The zero-order valence-corrected chi connectivity index (χ0v) is 13.3. The molecule has 0 bridgehead atoms. The van der Waals surface area contributed by atoms with Crippen molar-refractivity contribution < 1.29 is 14.6 Å². The van der Waals surface area contributed by atoms with Crippen LogP contribution in [0.2, 0.25) is 5.02 Å². The van der Waals surface area contributed by atoms with Crippen LogP contribution in [0.15, 0.2) is 23.0 Å². The van der Waals surface area contributed by atoms with E-state index in [0.29, 0.717) is 22.5 Å². The largest absolute Gasteiger partial charge is 0.506 e. The molecule has 118 valence electrons. The molecule has 1 N–H and O–H groups in total. The van der Waals surface area contributed by atoms with Crippen LogP contribution in [0, 0.1) is 0 Å². The molecule has 6 heteroatoms. The van der Waals surface area contributed by atoms with Gasteiger partial charge in [0.05, 0.1) is 12.1 Å². The van der Waals surface area contributed by atoms with E-state index in [1.54, 1.807) is 25.1 Å². The maximum absolute atomic E-state index is 12.6. The summed E-state index contributed by atoms with van der Waals surface area (Å²) in [5, 5.41) is 11.2. The van der Waals surface area contributed by atoms with E-state index >= 15 is 0 Å². The molecular weight excluding hydrogens is 306 g/mol. The van der Waals surface area contributed by atoms with Crippen molar-refractivity contribution in [2.24, 2.45) is 0 Å². The summed E-state index contributed by atoms with van der Waals surface area (Å²) in [6, 6.07) is 4.81. The Hall–Kier alpha value is -2.01. The van der Waals surface area contributed by atoms with Gasteiger partial charge in [0.25, 0.3) is 5.56 Å². The maximum Gasteiger partial charge on any atom is 0.347 e. The van der Waals surface area contributed by atoms with Crippen molar-refractivity contribution in [1.29, 1.82) is 0 Å². The van der Waals surface area contributed by atoms with Crippen molar-refractivity contribution in [3.05, 3.63) is 39.1 Å². The van der Waals surface area contributed by atoms with Crippen LogP contribution in [0.3, 0.4) is 0 Å². The van der Waals surface area contributed by atoms with Gasteiger partial charge in [-0.15, -0.1) is 0 Å². The summed E-state index contributed by atoms with van der Waals surface area (Å²) >= 11 is 5.99. The molecule has 0 unspecified atom stereocenters. The number of unbranched alkanes of at least 4 members (excludes halogenated alkanes) is 1. The number of rotatable bonds is 5. The lowest BCUT2D eigenvalue weighted by Gasteiger charge is -2.14. The number of hydrogen-bond donors (Lipinski definition) is 1. The lowest BCUT2D eigenvalue weighted by Crippen LogP contribution is -2.28. The van der Waals surface area contributed by atoms with E-state index in [1.165, 1.54) is 4.57 Å². The molecule has 0 amide bonds. The normalized spacial score (nSPS) is 10.9. The van der Waals surface area contributed by atoms with Crippen LogP contribution in [0.5, 0.6) is 5.75 Å². The first-order valence-electron chi connectivity index (χ1n) is 7.23. The minimum absolute atomic E-state index is 0.130. The van der Waals surface area contributed by atoms with E-state index in [4.69, 9.17) is 16.3 Å². The molecule has 2 rings (SSSR count). The van der Waals surface area contributed by atoms with Crippen LogP contribution in [0.1, 0.15) is 37.0 Å². The van der Waals surface area contributed by atoms with Crippen LogP contribution in [0.25, 0.3) is 10.9 Å². The van der Waals surface area contributed by atoms with Gasteiger partial charge >= 0.3 is 5.97 Å². The van der Waals surface area contributed by atoms with Crippen molar-refractivity contribution in [2.75, 3.05) is 6.61 Å². The highest BCUT2D eigenvalue weighted by Gasteiger charge is 2.23. The number of hydrogen-bond acceptors (Lipinski definition) is 4. The SMILES string of the molecule is CCCCn1c(=O)c(C(=O)OCC)c(O)c2ccc(Cl)cc21. The van der Waals surface area contributed by atoms with Gasteiger partial charge in [0, 0.05) is 17.0 Å². The summed E-state index contributed by atoms with van der Waals surface area (Å²) in [5.41, 5.74) is -0.372. The Bertz CT molecular complexity index is 767. The van der Waals surface area contributed by atoms with Crippen molar-refractivity contribution in [3.63, 3.8) is 0 Å². The summed E-state index contributed by atoms with van der Waals surface area (Å²) in [6.45, 7) is 4.22. The van der Waals surface area contributed by atoms with Gasteiger partial charge in [-0.05, 0) is 31.5 Å². The van der Waals surface area contributed by atoms with Crippen LogP contribution in [-0.4, -0.2) is 22.2 Å². The van der Waals surface area contributed by atoms with E-state index in [0.717, 1.165) is 12.8 Å². The standard InChI is InChI=1S/C16H18ClNO4/c1-3-5-8-18-12-9-10(17)6-7-11(12)14(19)13(15(18)20)16(21)22-4-2/h6-7,9,19H,3-5,8H2,1-2H3. The molecule has 0 spiro atoms. The Kier molecular flexibility index (Phi) is 5.08. The van der Waals surface area contributed by atoms with Gasteiger partial charge in [0.15, 0.2) is 5.56 Å². The van der Waals surface area contributed by atoms with Gasteiger partial charge < -0.3 is 14.4 Å². The lowest BCUT2D eigenvalue weighted by molar-refractivity contribution is 0.0520. The number of ether oxygens (including phenoxy) is 1. The number of aromatic nitrogens is 1. The molecular formula is C16H18ClNO4. The second-order valence-corrected chi connectivity index (χ2v) is 5.35. The van der Waals surface area contributed by atoms with Gasteiger partial charge in [-0.2, -0.15) is 0 Å². The highest BCUT2D eigenvalue weighted by molar-refractivity contribution is 6.31. The minimum atomic E-state index is -0.813. The zero-order valence-electron chi connectivity index (χ0n) is 12.6. The highest BCUT2D eigenvalue weighted by atomic mass is 35.5. The molecule has 0 radical (unpaired) electrons. The predicted octanol–water partition coefficient (Wildman–Crippen LogP) is 3.34. The van der Waals surface area contributed by atoms with E-state index < -0.39 is 11.5 Å². The van der Waals surface area contributed by atoms with Gasteiger partial charge in [-0.25, -0.2) is 4.79 Å². The summed E-state index contributed by atoms with van der Waals surface area (Å²) in [6.07, 6.45) is 1.67. The first kappa shape index (κ1) is 16.4. The molecule has 0 aliphatic carbocycles. The molecule has 0 fully saturated rings. The Morgan fingerprint density at radius 3 is 2.73 bits per heavy atom. The molecule has 0 saturated carbocycles. The van der Waals surface area contributed by atoms with Gasteiger partial charge in [0.1, 0.15) is 5.75 Å². The smallest absolute Gasteiger partial charge is 0.347 e. The number of esters is 1. The lowest BCUT2D eigenvalue weighted by atomic mass is 10.1. The number of pyridine rings is 1. The first-order valence-corrected chi connectivity index (χ1v) is 7.61. The van der Waals surface area contributed by atoms with Crippen molar-refractivity contribution in [3.8, 4) is 5.75 Å². The Morgan fingerprint density at radius 1 is 1.36 bits per heavy atom. The zero-order chi connectivity index (χ0) is 16.3. The number of carbonyl (C=O) groups is 1. The number of fused-ring (bicyclic) bond motifs is 1. The van der Waals surface area contributed by atoms with E-state index in [-0.39, 0.29) is 17.9 Å². The number of aromatic hydroxyl groups is 1. The van der Waals surface area contributed by atoms with Crippen LogP contribution in [-0.2, 0) is 11.3 Å². The topological polar surface area (TPSA) is 68.5 Å². The number of nitrogens with zero attached hydrogens (tertiary/aromatic N) is 1. The fourth-order valence-corrected chi connectivity index (χ4v) is 2.50. The molecule has 22 heavy (non-hydrogen) atoms. The number of halogens is 1. The number of aryl methyl sites for hydroxylation is 1. The van der Waals surface area contributed by atoms with Gasteiger partial charge in [0.2, 0.25) is 0 Å². The third-order valence-electron chi connectivity index (χ3n) is 3.42. The summed E-state index contributed by atoms with van der Waals surface area (Å²) < 4.78 is 6.35. The molecule has 1 heterocycles. The first-order chi connectivity index (χ1) is 10.5. The number of benzene rings is 1. The molecule has 0 saturated heterocycles. The van der Waals surface area contributed by atoms with E-state index in [2.05, 4.69) is 0 Å². The second-order valence-electron chi connectivity index (χ2n) is 4.92. The van der Waals surface area contributed by atoms with Crippen LogP contribution in [0.4, 0.5) is 0 Å². The summed E-state index contributed by atoms with van der Waals surface area (Å²) in [7, 11) is 0. The molecule has 0 aliphatic heterocycles. The van der Waals surface area contributed by atoms with Crippen molar-refractivity contribution in [2.45, 2.75) is 33.2 Å². The van der Waals surface area contributed by atoms with E-state index in [9.17, 15) is 14.7 Å². The Labute approximate surface area is 133 Å². The summed E-state index contributed by atoms with van der Waals surface area (Å²) in [5.74, 6) is -1.17. The number of carbonyl (C=O) groups excluding carboxylic acids is 1. The third kappa shape index (κ3) is 2.95. The van der Waals surface area contributed by atoms with Gasteiger partial charge in [-0.3, -0.25) is 4.79 Å². The highest BCUT2D eigenvalue weighted by Crippen LogP contribution is 2.29. The second kappa shape index (κ2) is 6.83. The van der Waals surface area contributed by atoms with Crippen LogP contribution < -0.4 is 5.56 Å².